The lowest BCUT2D eigenvalue weighted by atomic mass is 10.1. The van der Waals surface area contributed by atoms with Gasteiger partial charge in [-0.1, -0.05) is 60.7 Å². The average Bonchev–Trinajstić information content (AvgIpc) is 2.89. The fraction of sp³-hybridized carbons (Fsp3) is 0.211. The predicted molar refractivity (Wildman–Crippen MR) is 86.1 cm³/mol. The second kappa shape index (κ2) is 8.26. The summed E-state index contributed by atoms with van der Waals surface area (Å²) in [5, 5.41) is 0. The first kappa shape index (κ1) is 17.7. The highest BCUT2D eigenvalue weighted by atomic mass is 127. The second-order valence-electron chi connectivity index (χ2n) is 5.47. The minimum absolute atomic E-state index is 0. The molecule has 2 aromatic carbocycles. The van der Waals surface area contributed by atoms with Crippen molar-refractivity contribution in [1.29, 1.82) is 0 Å². The van der Waals surface area contributed by atoms with Crippen LogP contribution in [0.3, 0.4) is 0 Å². The monoisotopic (exact) mass is 420 g/mol. The molecular formula is C19H21IN2O. The molecule has 1 heterocycles. The standard InChI is InChI=1S/C19H21N2O.HI/c1-20-13-14-21(2)19(20)18(17-11-7-4-8-12-17)22-15-16-9-5-3-6-10-16;/h3-14,18H,15H2,1-2H3;1H/q+1;/p-1. The molecule has 0 saturated carbocycles. The number of aryl methyl sites for hydroxylation is 2. The van der Waals surface area contributed by atoms with Crippen LogP contribution < -0.4 is 28.5 Å². The van der Waals surface area contributed by atoms with Gasteiger partial charge in [0.25, 0.3) is 5.82 Å². The molecule has 0 aliphatic rings. The Morgan fingerprint density at radius 2 is 1.61 bits per heavy atom. The highest BCUT2D eigenvalue weighted by Gasteiger charge is 2.26. The molecule has 0 fully saturated rings. The molecule has 3 aromatic rings. The van der Waals surface area contributed by atoms with Gasteiger partial charge in [0, 0.05) is 0 Å². The molecule has 0 aliphatic carbocycles. The fourth-order valence-electron chi connectivity index (χ4n) is 2.67. The topological polar surface area (TPSA) is 18.0 Å². The lowest BCUT2D eigenvalue weighted by molar-refractivity contribution is -0.682. The van der Waals surface area contributed by atoms with Crippen LogP contribution >= 0.6 is 0 Å². The largest absolute Gasteiger partial charge is 1.00 e. The first-order chi connectivity index (χ1) is 10.8. The Morgan fingerprint density at radius 3 is 2.17 bits per heavy atom. The Labute approximate surface area is 154 Å². The van der Waals surface area contributed by atoms with E-state index in [0.717, 1.165) is 11.4 Å². The third-order valence-corrected chi connectivity index (χ3v) is 3.83. The van der Waals surface area contributed by atoms with E-state index in [4.69, 9.17) is 4.74 Å². The summed E-state index contributed by atoms with van der Waals surface area (Å²) in [6, 6.07) is 20.6. The molecule has 0 radical (unpaired) electrons. The number of halogens is 1. The Hall–Kier alpha value is -1.66. The molecule has 120 valence electrons. The normalized spacial score (nSPS) is 11.7. The molecule has 23 heavy (non-hydrogen) atoms. The molecule has 4 heteroatoms. The maximum Gasteiger partial charge on any atom is 0.290 e. The van der Waals surface area contributed by atoms with Crippen LogP contribution in [0.25, 0.3) is 0 Å². The van der Waals surface area contributed by atoms with Crippen molar-refractivity contribution in [2.24, 2.45) is 14.1 Å². The van der Waals surface area contributed by atoms with Crippen LogP contribution in [0.5, 0.6) is 0 Å². The molecular weight excluding hydrogens is 399 g/mol. The van der Waals surface area contributed by atoms with Crippen LogP contribution in [0, 0.1) is 0 Å². The van der Waals surface area contributed by atoms with Crippen molar-refractivity contribution in [3.8, 4) is 0 Å². The van der Waals surface area contributed by atoms with Gasteiger partial charge in [-0.15, -0.1) is 0 Å². The summed E-state index contributed by atoms with van der Waals surface area (Å²) < 4.78 is 10.5. The van der Waals surface area contributed by atoms with Gasteiger partial charge in [0.1, 0.15) is 12.4 Å². The van der Waals surface area contributed by atoms with Gasteiger partial charge < -0.3 is 28.7 Å². The van der Waals surface area contributed by atoms with Crippen molar-refractivity contribution in [3.05, 3.63) is 90.0 Å². The number of imidazole rings is 1. The maximum atomic E-state index is 6.28. The van der Waals surface area contributed by atoms with Crippen LogP contribution in [0.1, 0.15) is 23.1 Å². The third-order valence-electron chi connectivity index (χ3n) is 3.83. The van der Waals surface area contributed by atoms with Crippen LogP contribution in [-0.4, -0.2) is 4.57 Å². The summed E-state index contributed by atoms with van der Waals surface area (Å²) in [4.78, 5) is 0. The molecule has 1 unspecified atom stereocenters. The SMILES string of the molecule is Cn1cc[n+](C)c1C(OCc1ccccc1)c1ccccc1.[I-]. The summed E-state index contributed by atoms with van der Waals surface area (Å²) in [5.41, 5.74) is 2.34. The summed E-state index contributed by atoms with van der Waals surface area (Å²) in [5.74, 6) is 1.13. The zero-order valence-corrected chi connectivity index (χ0v) is 15.6. The average molecular weight is 420 g/mol. The Morgan fingerprint density at radius 1 is 1.00 bits per heavy atom. The van der Waals surface area contributed by atoms with Crippen LogP contribution in [0.15, 0.2) is 73.1 Å². The maximum absolute atomic E-state index is 6.28. The van der Waals surface area contributed by atoms with Crippen molar-refractivity contribution in [3.63, 3.8) is 0 Å². The van der Waals surface area contributed by atoms with Gasteiger partial charge in [0.2, 0.25) is 0 Å². The van der Waals surface area contributed by atoms with Crippen molar-refractivity contribution in [1.82, 2.24) is 4.57 Å². The van der Waals surface area contributed by atoms with Gasteiger partial charge >= 0.3 is 0 Å². The van der Waals surface area contributed by atoms with Gasteiger partial charge in [-0.05, 0) is 11.1 Å². The van der Waals surface area contributed by atoms with E-state index >= 15 is 0 Å². The first-order valence-corrected chi connectivity index (χ1v) is 7.47. The minimum atomic E-state index is -0.0913. The van der Waals surface area contributed by atoms with Crippen molar-refractivity contribution < 1.29 is 33.3 Å². The van der Waals surface area contributed by atoms with E-state index in [9.17, 15) is 0 Å². The van der Waals surface area contributed by atoms with E-state index in [1.165, 1.54) is 5.56 Å². The Kier molecular flexibility index (Phi) is 6.36. The van der Waals surface area contributed by atoms with E-state index in [2.05, 4.69) is 72.0 Å². The lowest BCUT2D eigenvalue weighted by Crippen LogP contribution is -3.00. The zero-order valence-electron chi connectivity index (χ0n) is 13.4. The predicted octanol–water partition coefficient (Wildman–Crippen LogP) is 0.160. The first-order valence-electron chi connectivity index (χ1n) is 7.47. The number of hydrogen-bond acceptors (Lipinski definition) is 1. The van der Waals surface area contributed by atoms with Gasteiger partial charge in [-0.3, -0.25) is 0 Å². The van der Waals surface area contributed by atoms with Crippen molar-refractivity contribution in [2.75, 3.05) is 0 Å². The third kappa shape index (κ3) is 4.20. The van der Waals surface area contributed by atoms with E-state index in [0.29, 0.717) is 6.61 Å². The summed E-state index contributed by atoms with van der Waals surface area (Å²) in [7, 11) is 4.11. The van der Waals surface area contributed by atoms with Crippen molar-refractivity contribution in [2.45, 2.75) is 12.7 Å². The number of ether oxygens (including phenoxy) is 1. The van der Waals surface area contributed by atoms with Gasteiger partial charge in [0.15, 0.2) is 6.10 Å². The molecule has 1 aromatic heterocycles. The van der Waals surface area contributed by atoms with E-state index in [-0.39, 0.29) is 30.1 Å². The van der Waals surface area contributed by atoms with E-state index in [1.807, 2.05) is 24.3 Å². The number of hydrogen-bond donors (Lipinski definition) is 0. The zero-order chi connectivity index (χ0) is 15.4. The summed E-state index contributed by atoms with van der Waals surface area (Å²) in [6.07, 6.45) is 4.01. The second-order valence-corrected chi connectivity index (χ2v) is 5.47. The molecule has 3 nitrogen and oxygen atoms in total. The van der Waals surface area contributed by atoms with Gasteiger partial charge in [0.05, 0.1) is 20.7 Å². The Balaban J connectivity index is 0.00000192. The number of nitrogens with zero attached hydrogens (tertiary/aromatic N) is 2. The van der Waals surface area contributed by atoms with E-state index in [1.54, 1.807) is 0 Å². The molecule has 0 amide bonds. The number of rotatable bonds is 5. The summed E-state index contributed by atoms with van der Waals surface area (Å²) in [6.45, 7) is 0.589. The van der Waals surface area contributed by atoms with Gasteiger partial charge in [-0.25, -0.2) is 9.13 Å². The van der Waals surface area contributed by atoms with Gasteiger partial charge in [-0.2, -0.15) is 0 Å². The molecule has 1 atom stereocenters. The number of benzene rings is 2. The van der Waals surface area contributed by atoms with Crippen molar-refractivity contribution >= 4 is 0 Å². The quantitative estimate of drug-likeness (QED) is 0.425. The smallest absolute Gasteiger partial charge is 0.290 e. The Bertz CT molecular complexity index is 706. The highest BCUT2D eigenvalue weighted by molar-refractivity contribution is 5.22. The highest BCUT2D eigenvalue weighted by Crippen LogP contribution is 2.24. The molecule has 0 bridgehead atoms. The summed E-state index contributed by atoms with van der Waals surface area (Å²) >= 11 is 0. The van der Waals surface area contributed by atoms with Crippen LogP contribution in [0.2, 0.25) is 0 Å². The minimum Gasteiger partial charge on any atom is -1.00 e. The molecule has 0 spiro atoms. The van der Waals surface area contributed by atoms with E-state index < -0.39 is 0 Å². The molecule has 3 rings (SSSR count). The molecule has 0 saturated heterocycles. The molecule has 0 aliphatic heterocycles. The fourth-order valence-corrected chi connectivity index (χ4v) is 2.67. The van der Waals surface area contributed by atoms with Crippen LogP contribution in [-0.2, 0) is 25.4 Å². The lowest BCUT2D eigenvalue weighted by Gasteiger charge is -2.16. The molecule has 0 N–H and O–H groups in total. The number of aromatic nitrogens is 2. The van der Waals surface area contributed by atoms with Crippen LogP contribution in [0.4, 0.5) is 0 Å².